The standard InChI is InChI=1S/C13H9BrN4O2/c14-8-3-1-7(2-4-8)10-5-11(15)18-12(17-10)9(6-16-18)13(19)20/h1-6H,15H2,(H,19,20). The fraction of sp³-hybridized carbons (Fsp3) is 0. The molecule has 3 N–H and O–H groups in total. The van der Waals surface area contributed by atoms with Gasteiger partial charge in [-0.3, -0.25) is 0 Å². The van der Waals surface area contributed by atoms with Gasteiger partial charge in [0.15, 0.2) is 5.65 Å². The highest BCUT2D eigenvalue weighted by molar-refractivity contribution is 9.10. The summed E-state index contributed by atoms with van der Waals surface area (Å²) < 4.78 is 2.26. The van der Waals surface area contributed by atoms with E-state index in [1.807, 2.05) is 24.3 Å². The van der Waals surface area contributed by atoms with E-state index in [4.69, 9.17) is 10.8 Å². The smallest absolute Gasteiger partial charge is 0.341 e. The Labute approximate surface area is 122 Å². The fourth-order valence-corrected chi connectivity index (χ4v) is 2.17. The topological polar surface area (TPSA) is 93.5 Å². The maximum Gasteiger partial charge on any atom is 0.341 e. The summed E-state index contributed by atoms with van der Waals surface area (Å²) in [4.78, 5) is 15.5. The van der Waals surface area contributed by atoms with Crippen LogP contribution in [0.4, 0.5) is 5.82 Å². The van der Waals surface area contributed by atoms with Gasteiger partial charge in [-0.2, -0.15) is 9.61 Å². The van der Waals surface area contributed by atoms with Gasteiger partial charge in [0.25, 0.3) is 0 Å². The molecule has 0 aliphatic heterocycles. The van der Waals surface area contributed by atoms with Gasteiger partial charge in [-0.1, -0.05) is 28.1 Å². The number of rotatable bonds is 2. The van der Waals surface area contributed by atoms with E-state index in [1.54, 1.807) is 6.07 Å². The second-order valence-electron chi connectivity index (χ2n) is 4.17. The van der Waals surface area contributed by atoms with Crippen LogP contribution < -0.4 is 5.73 Å². The SMILES string of the molecule is Nc1cc(-c2ccc(Br)cc2)nc2c(C(=O)O)cnn12. The number of benzene rings is 1. The van der Waals surface area contributed by atoms with E-state index in [0.29, 0.717) is 11.5 Å². The minimum Gasteiger partial charge on any atom is -0.477 e. The van der Waals surface area contributed by atoms with Crippen molar-refractivity contribution in [3.63, 3.8) is 0 Å². The van der Waals surface area contributed by atoms with Crippen LogP contribution in [0.1, 0.15) is 10.4 Å². The van der Waals surface area contributed by atoms with Crippen LogP contribution in [0.25, 0.3) is 16.9 Å². The van der Waals surface area contributed by atoms with E-state index in [9.17, 15) is 4.79 Å². The second kappa shape index (κ2) is 4.61. The average Bonchev–Trinajstić information content (AvgIpc) is 2.84. The molecule has 3 rings (SSSR count). The van der Waals surface area contributed by atoms with Gasteiger partial charge >= 0.3 is 5.97 Å². The zero-order valence-electron chi connectivity index (χ0n) is 10.1. The molecule has 0 fully saturated rings. The molecular formula is C13H9BrN4O2. The van der Waals surface area contributed by atoms with E-state index in [0.717, 1.165) is 10.0 Å². The number of anilines is 1. The number of nitrogens with zero attached hydrogens (tertiary/aromatic N) is 3. The van der Waals surface area contributed by atoms with Crippen molar-refractivity contribution in [2.45, 2.75) is 0 Å². The molecule has 3 aromatic rings. The van der Waals surface area contributed by atoms with E-state index in [-0.39, 0.29) is 11.2 Å². The molecule has 2 heterocycles. The van der Waals surface area contributed by atoms with Crippen molar-refractivity contribution in [2.24, 2.45) is 0 Å². The van der Waals surface area contributed by atoms with E-state index in [1.165, 1.54) is 10.7 Å². The van der Waals surface area contributed by atoms with Crippen molar-refractivity contribution >= 4 is 33.4 Å². The minimum atomic E-state index is -1.08. The highest BCUT2D eigenvalue weighted by Crippen LogP contribution is 2.23. The van der Waals surface area contributed by atoms with Gasteiger partial charge < -0.3 is 10.8 Å². The van der Waals surface area contributed by atoms with Crippen LogP contribution >= 0.6 is 15.9 Å². The maximum absolute atomic E-state index is 11.1. The lowest BCUT2D eigenvalue weighted by atomic mass is 10.1. The number of nitrogens with two attached hydrogens (primary N) is 1. The Morgan fingerprint density at radius 2 is 2.00 bits per heavy atom. The second-order valence-corrected chi connectivity index (χ2v) is 5.09. The minimum absolute atomic E-state index is 0.0238. The van der Waals surface area contributed by atoms with Crippen LogP contribution in [-0.4, -0.2) is 25.7 Å². The van der Waals surface area contributed by atoms with Crippen molar-refractivity contribution < 1.29 is 9.90 Å². The number of hydrogen-bond donors (Lipinski definition) is 2. The molecular weight excluding hydrogens is 324 g/mol. The van der Waals surface area contributed by atoms with Crippen LogP contribution in [0.2, 0.25) is 0 Å². The molecule has 2 aromatic heterocycles. The predicted octanol–water partition coefficient (Wildman–Crippen LogP) is 2.44. The molecule has 1 aromatic carbocycles. The Kier molecular flexibility index (Phi) is 2.90. The number of carbonyl (C=O) groups is 1. The molecule has 0 bridgehead atoms. The van der Waals surface area contributed by atoms with Gasteiger partial charge in [-0.25, -0.2) is 9.78 Å². The average molecular weight is 333 g/mol. The van der Waals surface area contributed by atoms with Crippen LogP contribution in [0.15, 0.2) is 41.0 Å². The molecule has 0 amide bonds. The van der Waals surface area contributed by atoms with Gasteiger partial charge in [0.1, 0.15) is 11.4 Å². The number of carboxylic acids is 1. The Morgan fingerprint density at radius 3 is 2.65 bits per heavy atom. The van der Waals surface area contributed by atoms with Crippen molar-refractivity contribution in [3.05, 3.63) is 46.6 Å². The first-order valence-electron chi connectivity index (χ1n) is 5.70. The normalized spacial score (nSPS) is 10.8. The first kappa shape index (κ1) is 12.6. The van der Waals surface area contributed by atoms with Crippen LogP contribution in [0.5, 0.6) is 0 Å². The molecule has 0 aliphatic carbocycles. The summed E-state index contributed by atoms with van der Waals surface area (Å²) >= 11 is 3.36. The summed E-state index contributed by atoms with van der Waals surface area (Å²) in [6.07, 6.45) is 1.24. The van der Waals surface area contributed by atoms with Gasteiger partial charge in [0.2, 0.25) is 0 Å². The molecule has 0 unspecified atom stereocenters. The molecule has 0 saturated heterocycles. The third kappa shape index (κ3) is 2.01. The molecule has 6 nitrogen and oxygen atoms in total. The Morgan fingerprint density at radius 1 is 1.30 bits per heavy atom. The quantitative estimate of drug-likeness (QED) is 0.751. The van der Waals surface area contributed by atoms with Gasteiger partial charge in [-0.15, -0.1) is 0 Å². The first-order valence-corrected chi connectivity index (χ1v) is 6.49. The predicted molar refractivity (Wildman–Crippen MR) is 77.5 cm³/mol. The lowest BCUT2D eigenvalue weighted by Crippen LogP contribution is -2.03. The Bertz CT molecular complexity index is 811. The number of carboxylic acid groups (broad SMARTS) is 1. The van der Waals surface area contributed by atoms with Crippen LogP contribution in [-0.2, 0) is 0 Å². The number of aromatic nitrogens is 3. The molecule has 7 heteroatoms. The summed E-state index contributed by atoms with van der Waals surface area (Å²) in [6, 6.07) is 9.17. The molecule has 0 atom stereocenters. The molecule has 0 saturated carbocycles. The lowest BCUT2D eigenvalue weighted by molar-refractivity contribution is 0.0699. The number of aromatic carboxylic acids is 1. The van der Waals surface area contributed by atoms with Crippen molar-refractivity contribution in [2.75, 3.05) is 5.73 Å². The number of fused-ring (bicyclic) bond motifs is 1. The summed E-state index contributed by atoms with van der Waals surface area (Å²) in [7, 11) is 0. The molecule has 100 valence electrons. The van der Waals surface area contributed by atoms with Gasteiger partial charge in [0, 0.05) is 16.1 Å². The first-order chi connectivity index (χ1) is 9.56. The third-order valence-electron chi connectivity index (χ3n) is 2.87. The number of halogens is 1. The zero-order chi connectivity index (χ0) is 14.3. The summed E-state index contributed by atoms with van der Waals surface area (Å²) in [5.74, 6) is -0.750. The summed E-state index contributed by atoms with van der Waals surface area (Å²) in [5.41, 5.74) is 7.60. The van der Waals surface area contributed by atoms with E-state index < -0.39 is 5.97 Å². The fourth-order valence-electron chi connectivity index (χ4n) is 1.91. The van der Waals surface area contributed by atoms with Crippen molar-refractivity contribution in [3.8, 4) is 11.3 Å². The molecule has 20 heavy (non-hydrogen) atoms. The Balaban J connectivity index is 2.24. The largest absolute Gasteiger partial charge is 0.477 e. The highest BCUT2D eigenvalue weighted by Gasteiger charge is 2.15. The van der Waals surface area contributed by atoms with Crippen LogP contribution in [0, 0.1) is 0 Å². The van der Waals surface area contributed by atoms with E-state index >= 15 is 0 Å². The van der Waals surface area contributed by atoms with Crippen molar-refractivity contribution in [1.82, 2.24) is 14.6 Å². The summed E-state index contributed by atoms with van der Waals surface area (Å²) in [5, 5.41) is 13.0. The lowest BCUT2D eigenvalue weighted by Gasteiger charge is -2.05. The third-order valence-corrected chi connectivity index (χ3v) is 3.40. The van der Waals surface area contributed by atoms with Crippen molar-refractivity contribution in [1.29, 1.82) is 0 Å². The van der Waals surface area contributed by atoms with Crippen LogP contribution in [0.3, 0.4) is 0 Å². The monoisotopic (exact) mass is 332 g/mol. The van der Waals surface area contributed by atoms with Gasteiger partial charge in [0.05, 0.1) is 11.9 Å². The molecule has 0 aliphatic rings. The summed E-state index contributed by atoms with van der Waals surface area (Å²) in [6.45, 7) is 0. The Hall–Kier alpha value is -2.41. The highest BCUT2D eigenvalue weighted by atomic mass is 79.9. The maximum atomic E-state index is 11.1. The zero-order valence-corrected chi connectivity index (χ0v) is 11.7. The molecule has 0 radical (unpaired) electrons. The molecule has 0 spiro atoms. The number of nitrogen functional groups attached to an aromatic ring is 1. The van der Waals surface area contributed by atoms with Gasteiger partial charge in [-0.05, 0) is 12.1 Å². The van der Waals surface area contributed by atoms with E-state index in [2.05, 4.69) is 26.0 Å². The number of hydrogen-bond acceptors (Lipinski definition) is 4.